The molecule has 0 fully saturated rings. The number of thiol groups is 1. The van der Waals surface area contributed by atoms with E-state index in [1.54, 1.807) is 24.3 Å². The van der Waals surface area contributed by atoms with Gasteiger partial charge >= 0.3 is 0 Å². The van der Waals surface area contributed by atoms with E-state index in [1.165, 1.54) is 5.01 Å². The summed E-state index contributed by atoms with van der Waals surface area (Å²) in [5.74, 6) is -0.191. The Hall–Kier alpha value is -1.62. The Labute approximate surface area is 92.0 Å². The molecule has 0 atom stereocenters. The Bertz CT molecular complexity index is 439. The lowest BCUT2D eigenvalue weighted by atomic mass is 10.3. The molecule has 0 aliphatic carbocycles. The number of aldehydes is 1. The lowest BCUT2D eigenvalue weighted by Crippen LogP contribution is -2.19. The second kappa shape index (κ2) is 3.86. The number of hydrogen-bond acceptors (Lipinski definition) is 4. The standard InChI is InChI=1S/C10H8N2O2S/c13-6-7-5-10(14)12(11-7)8-1-3-9(15)4-2-8/h1-4,6,15H,5H2. The molecule has 0 spiro atoms. The van der Waals surface area contributed by atoms with Crippen LogP contribution in [-0.2, 0) is 9.59 Å². The van der Waals surface area contributed by atoms with Gasteiger partial charge in [-0.3, -0.25) is 9.59 Å². The van der Waals surface area contributed by atoms with Gasteiger partial charge in [-0.05, 0) is 24.3 Å². The molecule has 2 rings (SSSR count). The van der Waals surface area contributed by atoms with Crippen LogP contribution < -0.4 is 5.01 Å². The molecule has 0 unspecified atom stereocenters. The molecule has 1 heterocycles. The van der Waals surface area contributed by atoms with Crippen molar-refractivity contribution in [3.05, 3.63) is 24.3 Å². The zero-order chi connectivity index (χ0) is 10.8. The van der Waals surface area contributed by atoms with Crippen LogP contribution in [0, 0.1) is 0 Å². The van der Waals surface area contributed by atoms with Crippen molar-refractivity contribution in [3.63, 3.8) is 0 Å². The van der Waals surface area contributed by atoms with Crippen molar-refractivity contribution in [1.29, 1.82) is 0 Å². The topological polar surface area (TPSA) is 49.7 Å². The molecular weight excluding hydrogens is 212 g/mol. The first-order chi connectivity index (χ1) is 7.20. The van der Waals surface area contributed by atoms with Crippen molar-refractivity contribution in [1.82, 2.24) is 0 Å². The zero-order valence-electron chi connectivity index (χ0n) is 7.75. The highest BCUT2D eigenvalue weighted by Crippen LogP contribution is 2.21. The molecule has 0 saturated heterocycles. The molecule has 0 radical (unpaired) electrons. The summed E-state index contributed by atoms with van der Waals surface area (Å²) in [5.41, 5.74) is 0.907. The molecule has 5 heteroatoms. The van der Waals surface area contributed by atoms with Gasteiger partial charge in [-0.2, -0.15) is 5.10 Å². The van der Waals surface area contributed by atoms with Crippen molar-refractivity contribution < 1.29 is 9.59 Å². The summed E-state index contributed by atoms with van der Waals surface area (Å²) in [6, 6.07) is 7.00. The molecule has 1 aromatic rings. The van der Waals surface area contributed by atoms with Gasteiger partial charge in [-0.25, -0.2) is 5.01 Å². The van der Waals surface area contributed by atoms with Gasteiger partial charge in [0, 0.05) is 4.90 Å². The third-order valence-corrected chi connectivity index (χ3v) is 2.33. The number of anilines is 1. The monoisotopic (exact) mass is 220 g/mol. The lowest BCUT2D eigenvalue weighted by molar-refractivity contribution is -0.117. The van der Waals surface area contributed by atoms with Gasteiger partial charge in [0.2, 0.25) is 0 Å². The van der Waals surface area contributed by atoms with E-state index < -0.39 is 0 Å². The summed E-state index contributed by atoms with van der Waals surface area (Å²) in [6.07, 6.45) is 0.678. The fourth-order valence-corrected chi connectivity index (χ4v) is 1.46. The number of hydrogen-bond donors (Lipinski definition) is 1. The van der Waals surface area contributed by atoms with Gasteiger partial charge in [0.15, 0.2) is 6.29 Å². The highest BCUT2D eigenvalue weighted by Gasteiger charge is 2.24. The smallest absolute Gasteiger partial charge is 0.253 e. The first kappa shape index (κ1) is 9.92. The second-order valence-corrected chi connectivity index (χ2v) is 3.62. The van der Waals surface area contributed by atoms with Crippen LogP contribution in [-0.4, -0.2) is 17.9 Å². The molecule has 15 heavy (non-hydrogen) atoms. The van der Waals surface area contributed by atoms with E-state index >= 15 is 0 Å². The van der Waals surface area contributed by atoms with Gasteiger partial charge < -0.3 is 0 Å². The van der Waals surface area contributed by atoms with Crippen molar-refractivity contribution >= 4 is 36.2 Å². The molecule has 1 amide bonds. The molecule has 0 aromatic heterocycles. The summed E-state index contributed by atoms with van der Waals surface area (Å²) >= 11 is 4.14. The second-order valence-electron chi connectivity index (χ2n) is 3.11. The maximum absolute atomic E-state index is 11.5. The Morgan fingerprint density at radius 3 is 2.53 bits per heavy atom. The van der Waals surface area contributed by atoms with Crippen molar-refractivity contribution in [2.24, 2.45) is 5.10 Å². The molecule has 4 nitrogen and oxygen atoms in total. The van der Waals surface area contributed by atoms with E-state index in [2.05, 4.69) is 17.7 Å². The number of benzene rings is 1. The van der Waals surface area contributed by atoms with E-state index in [-0.39, 0.29) is 18.0 Å². The van der Waals surface area contributed by atoms with E-state index in [0.717, 1.165) is 4.90 Å². The summed E-state index contributed by atoms with van der Waals surface area (Å²) in [6.45, 7) is 0. The fourth-order valence-electron chi connectivity index (χ4n) is 1.31. The van der Waals surface area contributed by atoms with Crippen LogP contribution in [0.3, 0.4) is 0 Å². The highest BCUT2D eigenvalue weighted by molar-refractivity contribution is 7.80. The SMILES string of the molecule is O=CC1=NN(c2ccc(S)cc2)C(=O)C1. The normalized spacial score (nSPS) is 15.4. The van der Waals surface area contributed by atoms with Crippen LogP contribution in [0.1, 0.15) is 6.42 Å². The Morgan fingerprint density at radius 1 is 1.33 bits per heavy atom. The summed E-state index contributed by atoms with van der Waals surface area (Å²) in [4.78, 5) is 22.7. The first-order valence-electron chi connectivity index (χ1n) is 4.35. The van der Waals surface area contributed by atoms with Crippen LogP contribution in [0.5, 0.6) is 0 Å². The lowest BCUT2D eigenvalue weighted by Gasteiger charge is -2.10. The number of carbonyl (C=O) groups is 2. The van der Waals surface area contributed by atoms with Gasteiger partial charge in [-0.1, -0.05) is 0 Å². The predicted molar refractivity (Wildman–Crippen MR) is 59.3 cm³/mol. The first-order valence-corrected chi connectivity index (χ1v) is 4.80. The van der Waals surface area contributed by atoms with Crippen LogP contribution in [0.25, 0.3) is 0 Å². The summed E-state index contributed by atoms with van der Waals surface area (Å²) < 4.78 is 0. The average Bonchev–Trinajstić information content (AvgIpc) is 2.61. The summed E-state index contributed by atoms with van der Waals surface area (Å²) in [7, 11) is 0. The molecule has 0 saturated carbocycles. The van der Waals surface area contributed by atoms with E-state index in [9.17, 15) is 9.59 Å². The zero-order valence-corrected chi connectivity index (χ0v) is 8.65. The number of hydrazone groups is 1. The van der Waals surface area contributed by atoms with Crippen molar-refractivity contribution in [2.45, 2.75) is 11.3 Å². The van der Waals surface area contributed by atoms with Gasteiger partial charge in [0.25, 0.3) is 5.91 Å². The molecule has 0 N–H and O–H groups in total. The van der Waals surface area contributed by atoms with Crippen LogP contribution in [0.15, 0.2) is 34.3 Å². The minimum absolute atomic E-state index is 0.0755. The third kappa shape index (κ3) is 1.92. The minimum Gasteiger partial charge on any atom is -0.296 e. The molecular formula is C10H8N2O2S. The Morgan fingerprint density at radius 2 is 2.00 bits per heavy atom. The predicted octanol–water partition coefficient (Wildman–Crippen LogP) is 1.27. The van der Waals surface area contributed by atoms with E-state index in [1.807, 2.05) is 0 Å². The fraction of sp³-hybridized carbons (Fsp3) is 0.100. The van der Waals surface area contributed by atoms with Crippen molar-refractivity contribution in [2.75, 3.05) is 5.01 Å². The Balaban J connectivity index is 2.31. The number of carbonyl (C=O) groups excluding carboxylic acids is 2. The number of amides is 1. The number of rotatable bonds is 2. The molecule has 0 bridgehead atoms. The molecule has 1 aliphatic heterocycles. The highest BCUT2D eigenvalue weighted by atomic mass is 32.1. The molecule has 1 aromatic carbocycles. The van der Waals surface area contributed by atoms with E-state index in [0.29, 0.717) is 12.0 Å². The van der Waals surface area contributed by atoms with Gasteiger partial charge in [0.05, 0.1) is 12.1 Å². The van der Waals surface area contributed by atoms with E-state index in [4.69, 9.17) is 0 Å². The largest absolute Gasteiger partial charge is 0.296 e. The maximum Gasteiger partial charge on any atom is 0.253 e. The Kier molecular flexibility index (Phi) is 2.55. The summed E-state index contributed by atoms with van der Waals surface area (Å²) in [5, 5.41) is 5.13. The molecule has 76 valence electrons. The van der Waals surface area contributed by atoms with Crippen LogP contribution in [0.2, 0.25) is 0 Å². The quantitative estimate of drug-likeness (QED) is 0.602. The van der Waals surface area contributed by atoms with Crippen LogP contribution >= 0.6 is 12.6 Å². The minimum atomic E-state index is -0.191. The van der Waals surface area contributed by atoms with Gasteiger partial charge in [0.1, 0.15) is 5.71 Å². The van der Waals surface area contributed by atoms with Gasteiger partial charge in [-0.15, -0.1) is 12.6 Å². The maximum atomic E-state index is 11.5. The third-order valence-electron chi connectivity index (χ3n) is 2.03. The van der Waals surface area contributed by atoms with Crippen molar-refractivity contribution in [3.8, 4) is 0 Å². The molecule has 1 aliphatic rings. The average molecular weight is 220 g/mol. The number of nitrogens with zero attached hydrogens (tertiary/aromatic N) is 2. The van der Waals surface area contributed by atoms with Crippen LogP contribution in [0.4, 0.5) is 5.69 Å².